The number of hydrogen-bond donors (Lipinski definition) is 2. The van der Waals surface area contributed by atoms with Gasteiger partial charge in [0.05, 0.1) is 4.47 Å². The molecule has 0 bridgehead atoms. The van der Waals surface area contributed by atoms with Gasteiger partial charge in [-0.3, -0.25) is 0 Å². The standard InChI is InChI=1S/C12H16BrFN2/c13-11-7-10(4-5-12(11)14)16-9-3-1-2-8(15)6-9/h4-5,7-9,16H,1-3,6,15H2. The Morgan fingerprint density at radius 2 is 2.19 bits per heavy atom. The van der Waals surface area contributed by atoms with Crippen LogP contribution in [0.2, 0.25) is 0 Å². The summed E-state index contributed by atoms with van der Waals surface area (Å²) in [5, 5.41) is 3.40. The quantitative estimate of drug-likeness (QED) is 0.876. The molecule has 0 aromatic heterocycles. The Kier molecular flexibility index (Phi) is 3.82. The molecule has 2 nitrogen and oxygen atoms in total. The SMILES string of the molecule is NC1CCCC(Nc2ccc(F)c(Br)c2)C1. The van der Waals surface area contributed by atoms with E-state index in [2.05, 4.69) is 21.2 Å². The van der Waals surface area contributed by atoms with Gasteiger partial charge in [0.1, 0.15) is 5.82 Å². The fraction of sp³-hybridized carbons (Fsp3) is 0.500. The van der Waals surface area contributed by atoms with Gasteiger partial charge in [0.25, 0.3) is 0 Å². The van der Waals surface area contributed by atoms with E-state index in [9.17, 15) is 4.39 Å². The zero-order valence-corrected chi connectivity index (χ0v) is 10.6. The van der Waals surface area contributed by atoms with E-state index in [4.69, 9.17) is 5.73 Å². The van der Waals surface area contributed by atoms with Crippen molar-refractivity contribution in [2.75, 3.05) is 5.32 Å². The minimum absolute atomic E-state index is 0.231. The molecule has 2 atom stereocenters. The third-order valence-electron chi connectivity index (χ3n) is 3.01. The van der Waals surface area contributed by atoms with Gasteiger partial charge in [0.15, 0.2) is 0 Å². The van der Waals surface area contributed by atoms with Crippen LogP contribution in [0.4, 0.5) is 10.1 Å². The van der Waals surface area contributed by atoms with Crippen LogP contribution in [0.15, 0.2) is 22.7 Å². The fourth-order valence-electron chi connectivity index (χ4n) is 2.18. The van der Waals surface area contributed by atoms with Crippen molar-refractivity contribution in [3.63, 3.8) is 0 Å². The van der Waals surface area contributed by atoms with Crippen molar-refractivity contribution in [1.82, 2.24) is 0 Å². The van der Waals surface area contributed by atoms with Crippen molar-refractivity contribution in [2.24, 2.45) is 5.73 Å². The van der Waals surface area contributed by atoms with Crippen LogP contribution in [0.25, 0.3) is 0 Å². The maximum absolute atomic E-state index is 13.0. The molecule has 1 aliphatic carbocycles. The summed E-state index contributed by atoms with van der Waals surface area (Å²) >= 11 is 3.18. The van der Waals surface area contributed by atoms with Gasteiger partial charge in [0.2, 0.25) is 0 Å². The lowest BCUT2D eigenvalue weighted by Gasteiger charge is -2.28. The predicted octanol–water partition coefficient (Wildman–Crippen LogP) is 3.27. The largest absolute Gasteiger partial charge is 0.382 e. The lowest BCUT2D eigenvalue weighted by Crippen LogP contribution is -2.34. The van der Waals surface area contributed by atoms with Crippen molar-refractivity contribution in [2.45, 2.75) is 37.8 Å². The van der Waals surface area contributed by atoms with Crippen molar-refractivity contribution in [3.05, 3.63) is 28.5 Å². The Labute approximate surface area is 104 Å². The third kappa shape index (κ3) is 2.95. The highest BCUT2D eigenvalue weighted by molar-refractivity contribution is 9.10. The molecule has 2 unspecified atom stereocenters. The van der Waals surface area contributed by atoms with Gasteiger partial charge in [-0.1, -0.05) is 0 Å². The lowest BCUT2D eigenvalue weighted by atomic mass is 9.91. The molecule has 0 spiro atoms. The Morgan fingerprint density at radius 3 is 2.88 bits per heavy atom. The number of anilines is 1. The van der Waals surface area contributed by atoms with E-state index in [-0.39, 0.29) is 5.82 Å². The van der Waals surface area contributed by atoms with Gasteiger partial charge >= 0.3 is 0 Å². The van der Waals surface area contributed by atoms with E-state index >= 15 is 0 Å². The highest BCUT2D eigenvalue weighted by atomic mass is 79.9. The second kappa shape index (κ2) is 5.15. The number of hydrogen-bond acceptors (Lipinski definition) is 2. The number of nitrogens with two attached hydrogens (primary N) is 1. The second-order valence-corrected chi connectivity index (χ2v) is 5.25. The molecule has 4 heteroatoms. The van der Waals surface area contributed by atoms with E-state index in [0.717, 1.165) is 24.9 Å². The average Bonchev–Trinajstić information content (AvgIpc) is 2.24. The summed E-state index contributed by atoms with van der Waals surface area (Å²) in [4.78, 5) is 0. The number of halogens is 2. The Balaban J connectivity index is 2.00. The number of rotatable bonds is 2. The topological polar surface area (TPSA) is 38.0 Å². The van der Waals surface area contributed by atoms with E-state index in [1.807, 2.05) is 0 Å². The van der Waals surface area contributed by atoms with Crippen LogP contribution >= 0.6 is 15.9 Å². The summed E-state index contributed by atoms with van der Waals surface area (Å²) in [6.07, 6.45) is 4.42. The zero-order chi connectivity index (χ0) is 11.5. The van der Waals surface area contributed by atoms with Gasteiger partial charge < -0.3 is 11.1 Å². The second-order valence-electron chi connectivity index (χ2n) is 4.40. The van der Waals surface area contributed by atoms with Crippen molar-refractivity contribution < 1.29 is 4.39 Å². The third-order valence-corrected chi connectivity index (χ3v) is 3.61. The molecule has 0 heterocycles. The fourth-order valence-corrected chi connectivity index (χ4v) is 2.56. The molecule has 0 saturated heterocycles. The summed E-state index contributed by atoms with van der Waals surface area (Å²) in [5.74, 6) is -0.231. The average molecular weight is 287 g/mol. The first-order chi connectivity index (χ1) is 7.65. The molecule has 1 aliphatic rings. The van der Waals surface area contributed by atoms with Crippen LogP contribution in [0, 0.1) is 5.82 Å². The molecule has 2 rings (SSSR count). The molecule has 1 aromatic carbocycles. The maximum Gasteiger partial charge on any atom is 0.137 e. The summed E-state index contributed by atoms with van der Waals surface area (Å²) in [5.41, 5.74) is 6.87. The summed E-state index contributed by atoms with van der Waals surface area (Å²) in [6, 6.07) is 5.72. The highest BCUT2D eigenvalue weighted by Crippen LogP contribution is 2.24. The van der Waals surface area contributed by atoms with E-state index < -0.39 is 0 Å². The van der Waals surface area contributed by atoms with Gasteiger partial charge in [0, 0.05) is 17.8 Å². The molecular weight excluding hydrogens is 271 g/mol. The minimum atomic E-state index is -0.231. The molecule has 0 aliphatic heterocycles. The molecular formula is C12H16BrFN2. The normalized spacial score (nSPS) is 25.4. The van der Waals surface area contributed by atoms with Gasteiger partial charge in [-0.15, -0.1) is 0 Å². The van der Waals surface area contributed by atoms with Crippen LogP contribution < -0.4 is 11.1 Å². The minimum Gasteiger partial charge on any atom is -0.382 e. The van der Waals surface area contributed by atoms with Crippen LogP contribution in [0.1, 0.15) is 25.7 Å². The van der Waals surface area contributed by atoms with Crippen LogP contribution in [-0.2, 0) is 0 Å². The molecule has 0 amide bonds. The predicted molar refractivity (Wildman–Crippen MR) is 68.0 cm³/mol. The maximum atomic E-state index is 13.0. The Morgan fingerprint density at radius 1 is 1.38 bits per heavy atom. The molecule has 3 N–H and O–H groups in total. The van der Waals surface area contributed by atoms with E-state index in [1.54, 1.807) is 12.1 Å². The molecule has 0 radical (unpaired) electrons. The monoisotopic (exact) mass is 286 g/mol. The van der Waals surface area contributed by atoms with Crippen LogP contribution in [0.3, 0.4) is 0 Å². The molecule has 88 valence electrons. The number of nitrogens with one attached hydrogen (secondary N) is 1. The first-order valence-electron chi connectivity index (χ1n) is 5.62. The first-order valence-corrected chi connectivity index (χ1v) is 6.41. The van der Waals surface area contributed by atoms with Crippen LogP contribution in [0.5, 0.6) is 0 Å². The van der Waals surface area contributed by atoms with Crippen LogP contribution in [-0.4, -0.2) is 12.1 Å². The van der Waals surface area contributed by atoms with Crippen molar-refractivity contribution in [1.29, 1.82) is 0 Å². The van der Waals surface area contributed by atoms with E-state index in [1.165, 1.54) is 12.5 Å². The van der Waals surface area contributed by atoms with E-state index in [0.29, 0.717) is 16.6 Å². The first kappa shape index (κ1) is 11.9. The Hall–Kier alpha value is -0.610. The molecule has 16 heavy (non-hydrogen) atoms. The molecule has 1 fully saturated rings. The highest BCUT2D eigenvalue weighted by Gasteiger charge is 2.18. The summed E-state index contributed by atoms with van der Waals surface area (Å²) < 4.78 is 13.5. The zero-order valence-electron chi connectivity index (χ0n) is 9.05. The summed E-state index contributed by atoms with van der Waals surface area (Å²) in [7, 11) is 0. The smallest absolute Gasteiger partial charge is 0.137 e. The van der Waals surface area contributed by atoms with Crippen molar-refractivity contribution >= 4 is 21.6 Å². The van der Waals surface area contributed by atoms with Gasteiger partial charge in [-0.25, -0.2) is 4.39 Å². The molecule has 1 aromatic rings. The van der Waals surface area contributed by atoms with Gasteiger partial charge in [-0.05, 0) is 59.8 Å². The van der Waals surface area contributed by atoms with Gasteiger partial charge in [-0.2, -0.15) is 0 Å². The molecule has 1 saturated carbocycles. The Bertz CT molecular complexity index is 370. The lowest BCUT2D eigenvalue weighted by molar-refractivity contribution is 0.409. The summed E-state index contributed by atoms with van der Waals surface area (Å²) in [6.45, 7) is 0. The number of benzene rings is 1. The van der Waals surface area contributed by atoms with Crippen molar-refractivity contribution in [3.8, 4) is 0 Å².